The average molecular weight is 269 g/mol. The third kappa shape index (κ3) is 4.47. The smallest absolute Gasteiger partial charge is 0.327 e. The van der Waals surface area contributed by atoms with Crippen LogP contribution in [0.4, 0.5) is 8.78 Å². The van der Waals surface area contributed by atoms with Crippen LogP contribution in [0.5, 0.6) is 0 Å². The second-order valence-corrected chi connectivity index (χ2v) is 4.43. The molecule has 1 unspecified atom stereocenters. The zero-order chi connectivity index (χ0) is 12.8. The summed E-state index contributed by atoms with van der Waals surface area (Å²) in [5, 5.41) is 8.84. The van der Waals surface area contributed by atoms with Crippen LogP contribution in [0.15, 0.2) is 0 Å². The van der Waals surface area contributed by atoms with E-state index in [1.54, 1.807) is 0 Å². The van der Waals surface area contributed by atoms with Gasteiger partial charge >= 0.3 is 5.97 Å². The lowest BCUT2D eigenvalue weighted by Gasteiger charge is -2.20. The number of thioether (sulfide) groups is 1. The van der Waals surface area contributed by atoms with Crippen LogP contribution in [0.25, 0.3) is 0 Å². The van der Waals surface area contributed by atoms with Gasteiger partial charge < -0.3 is 14.7 Å². The minimum absolute atomic E-state index is 0.0724. The van der Waals surface area contributed by atoms with Crippen LogP contribution >= 0.6 is 11.8 Å². The van der Waals surface area contributed by atoms with E-state index in [1.807, 2.05) is 0 Å². The summed E-state index contributed by atoms with van der Waals surface area (Å²) in [7, 11) is 0. The summed E-state index contributed by atoms with van der Waals surface area (Å²) < 4.78 is 28.0. The fourth-order valence-corrected chi connectivity index (χ4v) is 2.54. The monoisotopic (exact) mass is 269 g/mol. The minimum atomic E-state index is -2.56. The normalized spacial score (nSPS) is 19.9. The number of carbonyl (C=O) groups is 2. The Labute approximate surface area is 101 Å². The van der Waals surface area contributed by atoms with Crippen molar-refractivity contribution in [2.75, 3.05) is 24.8 Å². The second kappa shape index (κ2) is 6.75. The van der Waals surface area contributed by atoms with Crippen LogP contribution < -0.4 is 0 Å². The number of ether oxygens (including phenoxy) is 1. The number of carboxylic acid groups (broad SMARTS) is 1. The van der Waals surface area contributed by atoms with Crippen molar-refractivity contribution in [2.45, 2.75) is 18.9 Å². The topological polar surface area (TPSA) is 66.8 Å². The molecule has 1 heterocycles. The van der Waals surface area contributed by atoms with Gasteiger partial charge in [-0.2, -0.15) is 0 Å². The lowest BCUT2D eigenvalue weighted by molar-refractivity contribution is -0.148. The molecule has 98 valence electrons. The van der Waals surface area contributed by atoms with Crippen molar-refractivity contribution in [3.8, 4) is 0 Å². The third-order valence-corrected chi connectivity index (χ3v) is 3.20. The standard InChI is InChI=1S/C9H13F2NO4S/c10-7(11)3-16-2-1-8(13)12-5-17-4-6(12)9(14)15/h6-7H,1-5H2,(H,14,15). The highest BCUT2D eigenvalue weighted by Gasteiger charge is 2.34. The molecular weight excluding hydrogens is 256 g/mol. The van der Waals surface area contributed by atoms with Crippen LogP contribution in [-0.4, -0.2) is 59.2 Å². The molecule has 0 spiro atoms. The Hall–Kier alpha value is -0.890. The van der Waals surface area contributed by atoms with E-state index in [2.05, 4.69) is 4.74 Å². The van der Waals surface area contributed by atoms with Gasteiger partial charge in [-0.25, -0.2) is 13.6 Å². The Balaban J connectivity index is 2.29. The number of hydrogen-bond donors (Lipinski definition) is 1. The van der Waals surface area contributed by atoms with Gasteiger partial charge in [0.1, 0.15) is 12.6 Å². The van der Waals surface area contributed by atoms with E-state index in [1.165, 1.54) is 16.7 Å². The largest absolute Gasteiger partial charge is 0.480 e. The first-order chi connectivity index (χ1) is 8.02. The van der Waals surface area contributed by atoms with Crippen molar-refractivity contribution in [3.05, 3.63) is 0 Å². The molecule has 5 nitrogen and oxygen atoms in total. The van der Waals surface area contributed by atoms with Crippen molar-refractivity contribution in [3.63, 3.8) is 0 Å². The molecule has 0 saturated carbocycles. The van der Waals surface area contributed by atoms with Gasteiger partial charge in [-0.3, -0.25) is 4.79 Å². The number of halogens is 2. The maximum Gasteiger partial charge on any atom is 0.327 e. The molecule has 0 aromatic rings. The number of hydrogen-bond acceptors (Lipinski definition) is 4. The summed E-state index contributed by atoms with van der Waals surface area (Å²) in [6.07, 6.45) is -2.63. The van der Waals surface area contributed by atoms with Gasteiger partial charge in [0, 0.05) is 5.75 Å². The van der Waals surface area contributed by atoms with Gasteiger partial charge in [0.2, 0.25) is 5.91 Å². The van der Waals surface area contributed by atoms with E-state index in [-0.39, 0.29) is 18.9 Å². The van der Waals surface area contributed by atoms with Crippen LogP contribution in [0.2, 0.25) is 0 Å². The Morgan fingerprint density at radius 3 is 2.82 bits per heavy atom. The SMILES string of the molecule is O=C(O)C1CSCN1C(=O)CCOCC(F)F. The number of carboxylic acids is 1. The molecule has 0 aromatic heterocycles. The van der Waals surface area contributed by atoms with Crippen LogP contribution in [0, 0.1) is 0 Å². The van der Waals surface area contributed by atoms with Crippen molar-refractivity contribution >= 4 is 23.6 Å². The zero-order valence-corrected chi connectivity index (χ0v) is 9.79. The Kier molecular flexibility index (Phi) is 5.63. The second-order valence-electron chi connectivity index (χ2n) is 3.43. The molecule has 1 amide bonds. The summed E-state index contributed by atoms with van der Waals surface area (Å²) in [4.78, 5) is 23.6. The Bertz CT molecular complexity index is 290. The highest BCUT2D eigenvalue weighted by Crippen LogP contribution is 2.21. The molecule has 1 fully saturated rings. The number of amides is 1. The zero-order valence-electron chi connectivity index (χ0n) is 8.97. The van der Waals surface area contributed by atoms with Gasteiger partial charge in [0.15, 0.2) is 0 Å². The first-order valence-corrected chi connectivity index (χ1v) is 6.13. The van der Waals surface area contributed by atoms with Crippen LogP contribution in [0.1, 0.15) is 6.42 Å². The summed E-state index contributed by atoms with van der Waals surface area (Å²) >= 11 is 1.35. The number of alkyl halides is 2. The first-order valence-electron chi connectivity index (χ1n) is 4.98. The van der Waals surface area contributed by atoms with Crippen LogP contribution in [0.3, 0.4) is 0 Å². The maximum atomic E-state index is 11.7. The lowest BCUT2D eigenvalue weighted by atomic mass is 10.3. The predicted molar refractivity (Wildman–Crippen MR) is 57.0 cm³/mol. The molecule has 1 aliphatic rings. The number of carbonyl (C=O) groups excluding carboxylic acids is 1. The molecule has 0 radical (unpaired) electrons. The average Bonchev–Trinajstić information content (AvgIpc) is 2.72. The fraction of sp³-hybridized carbons (Fsp3) is 0.778. The third-order valence-electron chi connectivity index (χ3n) is 2.19. The van der Waals surface area contributed by atoms with Crippen LogP contribution in [-0.2, 0) is 14.3 Å². The first kappa shape index (κ1) is 14.2. The van der Waals surface area contributed by atoms with Gasteiger partial charge in [-0.05, 0) is 0 Å². The molecule has 1 atom stereocenters. The highest BCUT2D eigenvalue weighted by atomic mass is 32.2. The lowest BCUT2D eigenvalue weighted by Crippen LogP contribution is -2.42. The summed E-state index contributed by atoms with van der Waals surface area (Å²) in [5.41, 5.74) is 0. The van der Waals surface area contributed by atoms with E-state index in [0.717, 1.165) is 0 Å². The minimum Gasteiger partial charge on any atom is -0.480 e. The molecule has 1 saturated heterocycles. The fourth-order valence-electron chi connectivity index (χ4n) is 1.37. The molecule has 1 rings (SSSR count). The van der Waals surface area contributed by atoms with Crippen molar-refractivity contribution in [1.29, 1.82) is 0 Å². The van der Waals surface area contributed by atoms with E-state index < -0.39 is 25.0 Å². The van der Waals surface area contributed by atoms with E-state index in [4.69, 9.17) is 5.11 Å². The van der Waals surface area contributed by atoms with Crippen molar-refractivity contribution in [1.82, 2.24) is 4.90 Å². The molecular formula is C9H13F2NO4S. The van der Waals surface area contributed by atoms with Crippen molar-refractivity contribution in [2.24, 2.45) is 0 Å². The Morgan fingerprint density at radius 1 is 1.53 bits per heavy atom. The van der Waals surface area contributed by atoms with Gasteiger partial charge in [0.05, 0.1) is 18.9 Å². The van der Waals surface area contributed by atoms with E-state index in [0.29, 0.717) is 11.6 Å². The molecule has 0 aliphatic carbocycles. The molecule has 0 aromatic carbocycles. The summed E-state index contributed by atoms with van der Waals surface area (Å²) in [6.45, 7) is -0.818. The molecule has 8 heteroatoms. The quantitative estimate of drug-likeness (QED) is 0.717. The van der Waals surface area contributed by atoms with Gasteiger partial charge in [-0.1, -0.05) is 0 Å². The molecule has 1 aliphatic heterocycles. The number of aliphatic carboxylic acids is 1. The van der Waals surface area contributed by atoms with E-state index >= 15 is 0 Å². The molecule has 1 N–H and O–H groups in total. The summed E-state index contributed by atoms with van der Waals surface area (Å²) in [6, 6.07) is -0.817. The van der Waals surface area contributed by atoms with Crippen molar-refractivity contribution < 1.29 is 28.2 Å². The summed E-state index contributed by atoms with van der Waals surface area (Å²) in [5.74, 6) is -0.739. The number of nitrogens with zero attached hydrogens (tertiary/aromatic N) is 1. The maximum absolute atomic E-state index is 11.7. The van der Waals surface area contributed by atoms with E-state index in [9.17, 15) is 18.4 Å². The molecule has 0 bridgehead atoms. The highest BCUT2D eigenvalue weighted by molar-refractivity contribution is 7.99. The molecule has 17 heavy (non-hydrogen) atoms. The van der Waals surface area contributed by atoms with Gasteiger partial charge in [-0.15, -0.1) is 11.8 Å². The van der Waals surface area contributed by atoms with Gasteiger partial charge in [0.25, 0.3) is 6.43 Å². The Morgan fingerprint density at radius 2 is 2.24 bits per heavy atom. The number of rotatable bonds is 6. The predicted octanol–water partition coefficient (Wildman–Crippen LogP) is 0.644.